The van der Waals surface area contributed by atoms with E-state index in [0.717, 1.165) is 4.58 Å². The highest BCUT2D eigenvalue weighted by Gasteiger charge is 2.19. The molecule has 1 unspecified atom stereocenters. The van der Waals surface area contributed by atoms with Crippen LogP contribution in [0.4, 0.5) is 0 Å². The number of carbonyl (C=O) groups excluding carboxylic acids is 1. The van der Waals surface area contributed by atoms with Crippen LogP contribution in [0.15, 0.2) is 0 Å². The van der Waals surface area contributed by atoms with E-state index in [4.69, 9.17) is 5.73 Å². The van der Waals surface area contributed by atoms with Crippen molar-refractivity contribution in [1.29, 1.82) is 0 Å². The molecule has 0 radical (unpaired) electrons. The van der Waals surface area contributed by atoms with Crippen LogP contribution in [-0.4, -0.2) is 22.0 Å². The van der Waals surface area contributed by atoms with E-state index < -0.39 is 0 Å². The summed E-state index contributed by atoms with van der Waals surface area (Å²) in [4.78, 5) is 11.3. The molecule has 1 rings (SSSR count). The number of primary amides is 1. The van der Waals surface area contributed by atoms with Gasteiger partial charge in [-0.1, -0.05) is 71.1 Å². The fourth-order valence-electron chi connectivity index (χ4n) is 3.50. The number of hydrogen-bond donors (Lipinski definition) is 1. The summed E-state index contributed by atoms with van der Waals surface area (Å²) in [5.41, 5.74) is 5.45. The van der Waals surface area contributed by atoms with Crippen molar-refractivity contribution >= 4 is 29.4 Å². The Morgan fingerprint density at radius 1 is 0.917 bits per heavy atom. The van der Waals surface area contributed by atoms with Gasteiger partial charge in [-0.05, 0) is 25.2 Å². The smallest absolute Gasteiger partial charge is 0.217 e. The van der Waals surface area contributed by atoms with Gasteiger partial charge in [0.25, 0.3) is 0 Å². The first-order valence-electron chi connectivity index (χ1n) is 10.2. The molecule has 1 heterocycles. The van der Waals surface area contributed by atoms with E-state index in [1.54, 1.807) is 0 Å². The maximum atomic E-state index is 11.3. The van der Waals surface area contributed by atoms with Crippen molar-refractivity contribution in [3.8, 4) is 0 Å². The van der Waals surface area contributed by atoms with Crippen molar-refractivity contribution in [2.45, 2.75) is 101 Å². The Morgan fingerprint density at radius 3 is 2.00 bits per heavy atom. The molecule has 0 spiro atoms. The third-order valence-electron chi connectivity index (χ3n) is 4.96. The van der Waals surface area contributed by atoms with Gasteiger partial charge in [0.2, 0.25) is 5.91 Å². The Labute approximate surface area is 158 Å². The molecule has 1 fully saturated rings. The average molecular weight is 374 g/mol. The van der Waals surface area contributed by atoms with Crippen LogP contribution in [0.3, 0.4) is 0 Å². The Kier molecular flexibility index (Phi) is 14.3. The second-order valence-electron chi connectivity index (χ2n) is 7.26. The van der Waals surface area contributed by atoms with Gasteiger partial charge in [-0.3, -0.25) is 4.79 Å². The van der Waals surface area contributed by atoms with Gasteiger partial charge in [-0.15, -0.1) is 23.5 Å². The SMILES string of the molecule is CCCCCCCCCCCCC(CCC1SCCS1)CC(N)=O. The summed E-state index contributed by atoms with van der Waals surface area (Å²) in [5, 5.41) is 0. The average Bonchev–Trinajstić information content (AvgIpc) is 3.07. The zero-order valence-electron chi connectivity index (χ0n) is 15.8. The normalized spacial score (nSPS) is 16.5. The van der Waals surface area contributed by atoms with E-state index in [-0.39, 0.29) is 5.91 Å². The quantitative estimate of drug-likeness (QED) is 0.319. The van der Waals surface area contributed by atoms with E-state index in [1.165, 1.54) is 95.0 Å². The Bertz CT molecular complexity index is 306. The summed E-state index contributed by atoms with van der Waals surface area (Å²) in [7, 11) is 0. The van der Waals surface area contributed by atoms with Gasteiger partial charge in [0, 0.05) is 17.9 Å². The van der Waals surface area contributed by atoms with Gasteiger partial charge < -0.3 is 5.73 Å². The predicted molar refractivity (Wildman–Crippen MR) is 112 cm³/mol. The molecule has 0 aromatic rings. The second-order valence-corrected chi connectivity index (χ2v) is 10.2. The molecule has 1 atom stereocenters. The maximum absolute atomic E-state index is 11.3. The number of rotatable bonds is 16. The van der Waals surface area contributed by atoms with Gasteiger partial charge in [0.1, 0.15) is 0 Å². The molecule has 0 aliphatic carbocycles. The molecule has 2 nitrogen and oxygen atoms in total. The molecule has 1 aliphatic heterocycles. The van der Waals surface area contributed by atoms with E-state index in [1.807, 2.05) is 0 Å². The number of unbranched alkanes of at least 4 members (excludes halogenated alkanes) is 9. The number of thioether (sulfide) groups is 2. The first-order chi connectivity index (χ1) is 11.7. The van der Waals surface area contributed by atoms with Crippen LogP contribution in [0.5, 0.6) is 0 Å². The monoisotopic (exact) mass is 373 g/mol. The van der Waals surface area contributed by atoms with Crippen molar-refractivity contribution in [2.75, 3.05) is 11.5 Å². The third-order valence-corrected chi connectivity index (χ3v) is 8.13. The van der Waals surface area contributed by atoms with Gasteiger partial charge in [0.05, 0.1) is 4.58 Å². The Hall–Kier alpha value is 0.170. The van der Waals surface area contributed by atoms with E-state index >= 15 is 0 Å². The molecular formula is C20H39NOS2. The number of amides is 1. The summed E-state index contributed by atoms with van der Waals surface area (Å²) in [5.74, 6) is 3.01. The van der Waals surface area contributed by atoms with Crippen molar-refractivity contribution in [3.63, 3.8) is 0 Å². The summed E-state index contributed by atoms with van der Waals surface area (Å²) in [6.07, 6.45) is 18.0. The standard InChI is InChI=1S/C20H39NOS2/c1-2-3-4-5-6-7-8-9-10-11-12-18(17-19(21)22)13-14-20-23-15-16-24-20/h18,20H,2-17H2,1H3,(H2,21,22). The number of nitrogens with two attached hydrogens (primary N) is 1. The highest BCUT2D eigenvalue weighted by Crippen LogP contribution is 2.36. The van der Waals surface area contributed by atoms with Gasteiger partial charge in [-0.2, -0.15) is 0 Å². The molecule has 142 valence electrons. The maximum Gasteiger partial charge on any atom is 0.217 e. The first-order valence-corrected chi connectivity index (χ1v) is 12.3. The highest BCUT2D eigenvalue weighted by molar-refractivity contribution is 8.20. The van der Waals surface area contributed by atoms with Gasteiger partial charge in [-0.25, -0.2) is 0 Å². The predicted octanol–water partition coefficient (Wildman–Crippen LogP) is 6.38. The molecule has 0 saturated carbocycles. The minimum atomic E-state index is -0.112. The lowest BCUT2D eigenvalue weighted by Crippen LogP contribution is -2.17. The van der Waals surface area contributed by atoms with Gasteiger partial charge >= 0.3 is 0 Å². The fraction of sp³-hybridized carbons (Fsp3) is 0.950. The summed E-state index contributed by atoms with van der Waals surface area (Å²) in [6, 6.07) is 0. The van der Waals surface area contributed by atoms with Crippen molar-refractivity contribution in [2.24, 2.45) is 11.7 Å². The first kappa shape index (κ1) is 22.2. The minimum absolute atomic E-state index is 0.112. The molecule has 0 aromatic heterocycles. The zero-order chi connectivity index (χ0) is 17.5. The van der Waals surface area contributed by atoms with Crippen molar-refractivity contribution in [3.05, 3.63) is 0 Å². The van der Waals surface area contributed by atoms with Crippen LogP contribution in [0.1, 0.15) is 96.8 Å². The van der Waals surface area contributed by atoms with E-state index in [9.17, 15) is 4.79 Å². The topological polar surface area (TPSA) is 43.1 Å². The molecule has 2 N–H and O–H groups in total. The van der Waals surface area contributed by atoms with Crippen molar-refractivity contribution in [1.82, 2.24) is 0 Å². The molecule has 1 aliphatic rings. The van der Waals surface area contributed by atoms with Crippen LogP contribution in [0, 0.1) is 5.92 Å². The summed E-state index contributed by atoms with van der Waals surface area (Å²) in [6.45, 7) is 2.27. The van der Waals surface area contributed by atoms with Crippen LogP contribution in [0.2, 0.25) is 0 Å². The Balaban J connectivity index is 1.99. The molecule has 0 aromatic carbocycles. The molecular weight excluding hydrogens is 334 g/mol. The lowest BCUT2D eigenvalue weighted by molar-refractivity contribution is -0.119. The molecule has 4 heteroatoms. The van der Waals surface area contributed by atoms with Gasteiger partial charge in [0.15, 0.2) is 0 Å². The number of hydrogen-bond acceptors (Lipinski definition) is 3. The number of carbonyl (C=O) groups is 1. The third kappa shape index (κ3) is 12.5. The second kappa shape index (κ2) is 15.4. The molecule has 1 amide bonds. The summed E-state index contributed by atoms with van der Waals surface area (Å²) >= 11 is 4.19. The van der Waals surface area contributed by atoms with E-state index in [0.29, 0.717) is 12.3 Å². The zero-order valence-corrected chi connectivity index (χ0v) is 17.4. The van der Waals surface area contributed by atoms with Crippen molar-refractivity contribution < 1.29 is 4.79 Å². The largest absolute Gasteiger partial charge is 0.370 e. The molecule has 1 saturated heterocycles. The highest BCUT2D eigenvalue weighted by atomic mass is 32.2. The summed E-state index contributed by atoms with van der Waals surface area (Å²) < 4.78 is 0.771. The van der Waals surface area contributed by atoms with Crippen LogP contribution in [-0.2, 0) is 4.79 Å². The fourth-order valence-corrected chi connectivity index (χ4v) is 6.36. The van der Waals surface area contributed by atoms with Crippen LogP contribution in [0.25, 0.3) is 0 Å². The minimum Gasteiger partial charge on any atom is -0.370 e. The van der Waals surface area contributed by atoms with Crippen LogP contribution >= 0.6 is 23.5 Å². The van der Waals surface area contributed by atoms with E-state index in [2.05, 4.69) is 30.4 Å². The molecule has 24 heavy (non-hydrogen) atoms. The lowest BCUT2D eigenvalue weighted by Gasteiger charge is -2.17. The molecule has 0 bridgehead atoms. The lowest BCUT2D eigenvalue weighted by atomic mass is 9.92. The Morgan fingerprint density at radius 2 is 1.46 bits per heavy atom. The van der Waals surface area contributed by atoms with Crippen LogP contribution < -0.4 is 5.73 Å².